The highest BCUT2D eigenvalue weighted by Crippen LogP contribution is 2.19. The monoisotopic (exact) mass is 265 g/mol. The van der Waals surface area contributed by atoms with E-state index in [4.69, 9.17) is 4.42 Å². The Kier molecular flexibility index (Phi) is 3.67. The van der Waals surface area contributed by atoms with E-state index < -0.39 is 0 Å². The lowest BCUT2D eigenvalue weighted by Crippen LogP contribution is -2.14. The molecule has 0 unspecified atom stereocenters. The second kappa shape index (κ2) is 5.77. The molecule has 0 atom stereocenters. The summed E-state index contributed by atoms with van der Waals surface area (Å²) in [6, 6.07) is 9.83. The number of benzene rings is 1. The third kappa shape index (κ3) is 3.37. The molecule has 0 radical (unpaired) electrons. The SMILES string of the molecule is O=Cc1ccc(C#Cc2coc(CNC3CC3)c2)cc1. The molecule has 0 bridgehead atoms. The molecule has 0 saturated heterocycles. The van der Waals surface area contributed by atoms with E-state index in [1.807, 2.05) is 18.2 Å². The van der Waals surface area contributed by atoms with Gasteiger partial charge in [0.25, 0.3) is 0 Å². The predicted molar refractivity (Wildman–Crippen MR) is 76.4 cm³/mol. The molecule has 1 aromatic heterocycles. The van der Waals surface area contributed by atoms with Gasteiger partial charge in [-0.15, -0.1) is 0 Å². The van der Waals surface area contributed by atoms with Crippen LogP contribution >= 0.6 is 0 Å². The summed E-state index contributed by atoms with van der Waals surface area (Å²) in [5, 5.41) is 3.40. The van der Waals surface area contributed by atoms with E-state index in [2.05, 4.69) is 17.2 Å². The van der Waals surface area contributed by atoms with Crippen molar-refractivity contribution in [2.75, 3.05) is 0 Å². The van der Waals surface area contributed by atoms with Gasteiger partial charge in [-0.3, -0.25) is 4.79 Å². The highest BCUT2D eigenvalue weighted by molar-refractivity contribution is 5.74. The Hall–Kier alpha value is -2.31. The van der Waals surface area contributed by atoms with E-state index in [0.29, 0.717) is 11.6 Å². The maximum Gasteiger partial charge on any atom is 0.150 e. The molecule has 3 heteroatoms. The van der Waals surface area contributed by atoms with Crippen LogP contribution in [0.15, 0.2) is 41.0 Å². The number of nitrogens with one attached hydrogen (secondary N) is 1. The summed E-state index contributed by atoms with van der Waals surface area (Å²) < 4.78 is 5.46. The van der Waals surface area contributed by atoms with Gasteiger partial charge in [-0.2, -0.15) is 0 Å². The number of aldehydes is 1. The van der Waals surface area contributed by atoms with E-state index >= 15 is 0 Å². The van der Waals surface area contributed by atoms with E-state index in [0.717, 1.165) is 29.7 Å². The van der Waals surface area contributed by atoms with Gasteiger partial charge in [-0.25, -0.2) is 0 Å². The minimum absolute atomic E-state index is 0.660. The van der Waals surface area contributed by atoms with Crippen LogP contribution in [-0.4, -0.2) is 12.3 Å². The van der Waals surface area contributed by atoms with Crippen LogP contribution in [0, 0.1) is 11.8 Å². The molecule has 1 aromatic carbocycles. The Morgan fingerprint density at radius 3 is 2.65 bits per heavy atom. The molecule has 2 aromatic rings. The molecule has 0 spiro atoms. The molecule has 1 aliphatic rings. The summed E-state index contributed by atoms with van der Waals surface area (Å²) in [5.41, 5.74) is 2.42. The quantitative estimate of drug-likeness (QED) is 0.682. The first-order valence-electron chi connectivity index (χ1n) is 6.71. The van der Waals surface area contributed by atoms with Crippen molar-refractivity contribution in [3.05, 3.63) is 59.0 Å². The molecule has 100 valence electrons. The summed E-state index contributed by atoms with van der Waals surface area (Å²) in [5.74, 6) is 7.03. The summed E-state index contributed by atoms with van der Waals surface area (Å²) in [6.45, 7) is 0.764. The van der Waals surface area contributed by atoms with Gasteiger partial charge >= 0.3 is 0 Å². The largest absolute Gasteiger partial charge is 0.467 e. The van der Waals surface area contributed by atoms with Crippen molar-refractivity contribution in [2.45, 2.75) is 25.4 Å². The first-order valence-corrected chi connectivity index (χ1v) is 6.71. The first-order chi connectivity index (χ1) is 9.83. The smallest absolute Gasteiger partial charge is 0.150 e. The molecule has 1 fully saturated rings. The van der Waals surface area contributed by atoms with Gasteiger partial charge in [0.05, 0.1) is 12.1 Å². The number of carbonyl (C=O) groups excluding carboxylic acids is 1. The third-order valence-corrected chi connectivity index (χ3v) is 3.19. The lowest BCUT2D eigenvalue weighted by atomic mass is 10.1. The fraction of sp³-hybridized carbons (Fsp3) is 0.235. The van der Waals surface area contributed by atoms with E-state index in [1.54, 1.807) is 18.4 Å². The van der Waals surface area contributed by atoms with Crippen molar-refractivity contribution in [3.8, 4) is 11.8 Å². The zero-order chi connectivity index (χ0) is 13.8. The van der Waals surface area contributed by atoms with Crippen LogP contribution in [0.1, 0.15) is 40.1 Å². The Labute approximate surface area is 118 Å². The van der Waals surface area contributed by atoms with Gasteiger partial charge in [0.1, 0.15) is 18.3 Å². The van der Waals surface area contributed by atoms with Crippen molar-refractivity contribution in [3.63, 3.8) is 0 Å². The fourth-order valence-corrected chi connectivity index (χ4v) is 1.86. The topological polar surface area (TPSA) is 42.2 Å². The van der Waals surface area contributed by atoms with Crippen molar-refractivity contribution in [2.24, 2.45) is 0 Å². The second-order valence-corrected chi connectivity index (χ2v) is 4.95. The van der Waals surface area contributed by atoms with Crippen molar-refractivity contribution >= 4 is 6.29 Å². The van der Waals surface area contributed by atoms with Gasteiger partial charge in [-0.05, 0) is 31.0 Å². The standard InChI is InChI=1S/C17H15NO2/c19-11-14-4-1-13(2-5-14)3-6-15-9-17(20-12-15)10-18-16-7-8-16/h1-2,4-5,9,11-12,16,18H,7-8,10H2. The number of furan rings is 1. The minimum Gasteiger partial charge on any atom is -0.467 e. The van der Waals surface area contributed by atoms with Crippen molar-refractivity contribution < 1.29 is 9.21 Å². The zero-order valence-corrected chi connectivity index (χ0v) is 11.1. The average molecular weight is 265 g/mol. The zero-order valence-electron chi connectivity index (χ0n) is 11.1. The molecule has 1 heterocycles. The number of hydrogen-bond donors (Lipinski definition) is 1. The Bertz CT molecular complexity index is 654. The maximum atomic E-state index is 10.6. The lowest BCUT2D eigenvalue weighted by molar-refractivity contribution is 0.112. The highest BCUT2D eigenvalue weighted by Gasteiger charge is 2.20. The van der Waals surface area contributed by atoms with Crippen molar-refractivity contribution in [1.29, 1.82) is 0 Å². The highest BCUT2D eigenvalue weighted by atomic mass is 16.3. The summed E-state index contributed by atoms with van der Waals surface area (Å²) in [4.78, 5) is 10.6. The van der Waals surface area contributed by atoms with Crippen LogP contribution in [0.4, 0.5) is 0 Å². The Morgan fingerprint density at radius 1 is 1.20 bits per heavy atom. The normalized spacial score (nSPS) is 13.6. The lowest BCUT2D eigenvalue weighted by Gasteiger charge is -1.96. The van der Waals surface area contributed by atoms with E-state index in [1.165, 1.54) is 12.8 Å². The number of hydrogen-bond acceptors (Lipinski definition) is 3. The number of carbonyl (C=O) groups is 1. The van der Waals surface area contributed by atoms with Crippen molar-refractivity contribution in [1.82, 2.24) is 5.32 Å². The summed E-state index contributed by atoms with van der Waals surface area (Å²) in [7, 11) is 0. The van der Waals surface area contributed by atoms with Gasteiger partial charge < -0.3 is 9.73 Å². The molecule has 0 aliphatic heterocycles. The second-order valence-electron chi connectivity index (χ2n) is 4.95. The molecule has 1 aliphatic carbocycles. The van der Waals surface area contributed by atoms with Gasteiger partial charge in [0.2, 0.25) is 0 Å². The maximum absolute atomic E-state index is 10.6. The van der Waals surface area contributed by atoms with Crippen LogP contribution in [-0.2, 0) is 6.54 Å². The fourth-order valence-electron chi connectivity index (χ4n) is 1.86. The Balaban J connectivity index is 1.64. The molecule has 3 nitrogen and oxygen atoms in total. The van der Waals surface area contributed by atoms with E-state index in [9.17, 15) is 4.79 Å². The minimum atomic E-state index is 0.660. The van der Waals surface area contributed by atoms with Crippen LogP contribution in [0.25, 0.3) is 0 Å². The van der Waals surface area contributed by atoms with Crippen LogP contribution in [0.3, 0.4) is 0 Å². The third-order valence-electron chi connectivity index (χ3n) is 3.19. The van der Waals surface area contributed by atoms with E-state index in [-0.39, 0.29) is 0 Å². The van der Waals surface area contributed by atoms with Crippen LogP contribution in [0.2, 0.25) is 0 Å². The molecule has 1 N–H and O–H groups in total. The molecular formula is C17H15NO2. The predicted octanol–water partition coefficient (Wildman–Crippen LogP) is 2.74. The molecule has 20 heavy (non-hydrogen) atoms. The van der Waals surface area contributed by atoms with Gasteiger partial charge in [0, 0.05) is 17.2 Å². The average Bonchev–Trinajstić information content (AvgIpc) is 3.22. The summed E-state index contributed by atoms with van der Waals surface area (Å²) in [6.07, 6.45) is 5.04. The Morgan fingerprint density at radius 2 is 1.95 bits per heavy atom. The van der Waals surface area contributed by atoms with Crippen LogP contribution < -0.4 is 5.32 Å². The summed E-state index contributed by atoms with van der Waals surface area (Å²) >= 11 is 0. The van der Waals surface area contributed by atoms with Crippen LogP contribution in [0.5, 0.6) is 0 Å². The molecular weight excluding hydrogens is 250 g/mol. The number of rotatable bonds is 4. The molecule has 1 saturated carbocycles. The first kappa shape index (κ1) is 12.7. The van der Waals surface area contributed by atoms with Gasteiger partial charge in [-0.1, -0.05) is 24.0 Å². The molecule has 0 amide bonds. The van der Waals surface area contributed by atoms with Gasteiger partial charge in [0.15, 0.2) is 0 Å². The molecule has 3 rings (SSSR count).